The molecular weight excluding hydrogens is 252 g/mol. The van der Waals surface area contributed by atoms with Gasteiger partial charge in [0.05, 0.1) is 6.61 Å². The van der Waals surface area contributed by atoms with Gasteiger partial charge >= 0.3 is 5.97 Å². The third-order valence-electron chi connectivity index (χ3n) is 2.86. The lowest BCUT2D eigenvalue weighted by molar-refractivity contribution is -0.139. The summed E-state index contributed by atoms with van der Waals surface area (Å²) in [5.74, 6) is -0.337. The molecule has 3 nitrogen and oxygen atoms in total. The normalized spacial score (nSPS) is 18.4. The van der Waals surface area contributed by atoms with Gasteiger partial charge in [-0.05, 0) is 25.3 Å². The number of epoxide rings is 1. The van der Waals surface area contributed by atoms with Crippen LogP contribution in [0.25, 0.3) is 6.08 Å². The SMILES string of the molecule is C(=C1CC1)c1ccccc1.C=C(C)C(=O)OCC1CO1. The van der Waals surface area contributed by atoms with Gasteiger partial charge in [-0.3, -0.25) is 0 Å². The van der Waals surface area contributed by atoms with E-state index in [1.54, 1.807) is 12.5 Å². The van der Waals surface area contributed by atoms with E-state index < -0.39 is 0 Å². The molecule has 3 rings (SSSR count). The standard InChI is InChI=1S/C10H10.C7H10O3/c1-2-4-9(5-3-1)8-10-6-7-10;1-5(2)7(8)10-4-6-3-9-6/h1-5,8H,6-7H2;6H,1,3-4H2,2H3. The third kappa shape index (κ3) is 5.85. The van der Waals surface area contributed by atoms with Crippen LogP contribution in [0.2, 0.25) is 0 Å². The summed E-state index contributed by atoms with van der Waals surface area (Å²) in [6.45, 7) is 6.14. The Hall–Kier alpha value is -1.87. The summed E-state index contributed by atoms with van der Waals surface area (Å²) in [4.78, 5) is 10.7. The van der Waals surface area contributed by atoms with Gasteiger partial charge in [0.15, 0.2) is 0 Å². The van der Waals surface area contributed by atoms with Crippen LogP contribution in [-0.2, 0) is 14.3 Å². The number of esters is 1. The van der Waals surface area contributed by atoms with Crippen molar-refractivity contribution >= 4 is 12.0 Å². The Morgan fingerprint density at radius 3 is 2.55 bits per heavy atom. The quantitative estimate of drug-likeness (QED) is 0.479. The third-order valence-corrected chi connectivity index (χ3v) is 2.86. The van der Waals surface area contributed by atoms with E-state index in [0.717, 1.165) is 0 Å². The van der Waals surface area contributed by atoms with Gasteiger partial charge in [0.25, 0.3) is 0 Å². The molecule has 1 atom stereocenters. The van der Waals surface area contributed by atoms with E-state index in [2.05, 4.69) is 43.0 Å². The van der Waals surface area contributed by atoms with Gasteiger partial charge in [-0.15, -0.1) is 0 Å². The molecule has 2 aliphatic rings. The Morgan fingerprint density at radius 1 is 1.40 bits per heavy atom. The van der Waals surface area contributed by atoms with Gasteiger partial charge in [-0.2, -0.15) is 0 Å². The first-order chi connectivity index (χ1) is 9.65. The molecule has 0 aromatic heterocycles. The van der Waals surface area contributed by atoms with E-state index in [0.29, 0.717) is 18.8 Å². The lowest BCUT2D eigenvalue weighted by atomic mass is 10.2. The Morgan fingerprint density at radius 2 is 2.05 bits per heavy atom. The lowest BCUT2D eigenvalue weighted by Crippen LogP contribution is -2.09. The molecule has 0 bridgehead atoms. The molecule has 3 heteroatoms. The van der Waals surface area contributed by atoms with Crippen LogP contribution in [0.15, 0.2) is 48.1 Å². The summed E-state index contributed by atoms with van der Waals surface area (Å²) in [7, 11) is 0. The second kappa shape index (κ2) is 7.06. The summed E-state index contributed by atoms with van der Waals surface area (Å²) in [5.41, 5.74) is 3.36. The number of hydrogen-bond donors (Lipinski definition) is 0. The van der Waals surface area contributed by atoms with E-state index in [1.807, 2.05) is 0 Å². The molecule has 20 heavy (non-hydrogen) atoms. The van der Waals surface area contributed by atoms with E-state index in [1.165, 1.54) is 18.4 Å². The summed E-state index contributed by atoms with van der Waals surface area (Å²) in [6, 6.07) is 10.5. The van der Waals surface area contributed by atoms with Crippen molar-refractivity contribution < 1.29 is 14.3 Å². The van der Waals surface area contributed by atoms with Crippen molar-refractivity contribution in [1.82, 2.24) is 0 Å². The van der Waals surface area contributed by atoms with E-state index >= 15 is 0 Å². The number of benzene rings is 1. The average molecular weight is 272 g/mol. The molecule has 0 amide bonds. The van der Waals surface area contributed by atoms with Crippen LogP contribution < -0.4 is 0 Å². The maximum Gasteiger partial charge on any atom is 0.333 e. The summed E-state index contributed by atoms with van der Waals surface area (Å²) in [6.07, 6.45) is 5.05. The summed E-state index contributed by atoms with van der Waals surface area (Å²) < 4.78 is 9.60. The molecule has 1 unspecified atom stereocenters. The van der Waals surface area contributed by atoms with Crippen molar-refractivity contribution in [2.45, 2.75) is 25.9 Å². The summed E-state index contributed by atoms with van der Waals surface area (Å²) >= 11 is 0. The molecule has 2 fully saturated rings. The second-order valence-electron chi connectivity index (χ2n) is 5.05. The van der Waals surface area contributed by atoms with Gasteiger partial charge in [0, 0.05) is 5.57 Å². The second-order valence-corrected chi connectivity index (χ2v) is 5.05. The van der Waals surface area contributed by atoms with Crippen molar-refractivity contribution in [3.05, 3.63) is 53.6 Å². The minimum Gasteiger partial charge on any atom is -0.459 e. The minimum absolute atomic E-state index is 0.142. The molecule has 0 spiro atoms. The van der Waals surface area contributed by atoms with E-state index in [9.17, 15) is 4.79 Å². The number of hydrogen-bond acceptors (Lipinski definition) is 3. The van der Waals surface area contributed by atoms with Crippen LogP contribution in [0, 0.1) is 0 Å². The number of rotatable bonds is 4. The topological polar surface area (TPSA) is 38.8 Å². The molecule has 1 saturated heterocycles. The zero-order valence-electron chi connectivity index (χ0n) is 11.8. The molecule has 1 aromatic rings. The molecule has 1 aliphatic heterocycles. The van der Waals surface area contributed by atoms with Crippen LogP contribution in [0.5, 0.6) is 0 Å². The predicted octanol–water partition coefficient (Wildman–Crippen LogP) is 3.37. The first-order valence-corrected chi connectivity index (χ1v) is 6.84. The number of carbonyl (C=O) groups is 1. The molecule has 1 aromatic carbocycles. The maximum atomic E-state index is 10.7. The molecular formula is C17H20O3. The molecule has 1 saturated carbocycles. The highest BCUT2D eigenvalue weighted by atomic mass is 16.6. The number of allylic oxidation sites excluding steroid dienone is 1. The first-order valence-electron chi connectivity index (χ1n) is 6.84. The molecule has 106 valence electrons. The zero-order chi connectivity index (χ0) is 14.4. The van der Waals surface area contributed by atoms with Gasteiger partial charge in [-0.25, -0.2) is 4.79 Å². The molecule has 1 heterocycles. The number of carbonyl (C=O) groups excluding carboxylic acids is 1. The first kappa shape index (κ1) is 14.5. The Labute approximate surface area is 119 Å². The Kier molecular flexibility index (Phi) is 5.13. The summed E-state index contributed by atoms with van der Waals surface area (Å²) in [5, 5.41) is 0. The molecule has 1 aliphatic carbocycles. The van der Waals surface area contributed by atoms with Crippen LogP contribution in [0.4, 0.5) is 0 Å². The average Bonchev–Trinajstić information content (AvgIpc) is 3.33. The predicted molar refractivity (Wildman–Crippen MR) is 79.2 cm³/mol. The van der Waals surface area contributed by atoms with Crippen LogP contribution >= 0.6 is 0 Å². The highest BCUT2D eigenvalue weighted by molar-refractivity contribution is 5.86. The largest absolute Gasteiger partial charge is 0.459 e. The fourth-order valence-electron chi connectivity index (χ4n) is 1.46. The molecule has 0 N–H and O–H groups in total. The van der Waals surface area contributed by atoms with Gasteiger partial charge in [-0.1, -0.05) is 48.6 Å². The van der Waals surface area contributed by atoms with Crippen LogP contribution in [0.3, 0.4) is 0 Å². The Balaban J connectivity index is 0.000000147. The van der Waals surface area contributed by atoms with Crippen molar-refractivity contribution in [2.75, 3.05) is 13.2 Å². The van der Waals surface area contributed by atoms with Crippen molar-refractivity contribution in [3.8, 4) is 0 Å². The Bertz CT molecular complexity index is 492. The highest BCUT2D eigenvalue weighted by Crippen LogP contribution is 2.29. The minimum atomic E-state index is -0.337. The van der Waals surface area contributed by atoms with Crippen molar-refractivity contribution in [2.24, 2.45) is 0 Å². The van der Waals surface area contributed by atoms with Crippen LogP contribution in [-0.4, -0.2) is 25.3 Å². The fraction of sp³-hybridized carbons (Fsp3) is 0.353. The van der Waals surface area contributed by atoms with Crippen molar-refractivity contribution in [3.63, 3.8) is 0 Å². The van der Waals surface area contributed by atoms with Gasteiger partial charge < -0.3 is 9.47 Å². The van der Waals surface area contributed by atoms with Gasteiger partial charge in [0.1, 0.15) is 12.7 Å². The smallest absolute Gasteiger partial charge is 0.333 e. The van der Waals surface area contributed by atoms with Crippen LogP contribution in [0.1, 0.15) is 25.3 Å². The highest BCUT2D eigenvalue weighted by Gasteiger charge is 2.24. The van der Waals surface area contributed by atoms with E-state index in [4.69, 9.17) is 9.47 Å². The van der Waals surface area contributed by atoms with Crippen molar-refractivity contribution in [1.29, 1.82) is 0 Å². The monoisotopic (exact) mass is 272 g/mol. The lowest BCUT2D eigenvalue weighted by Gasteiger charge is -1.99. The zero-order valence-corrected chi connectivity index (χ0v) is 11.8. The molecule has 0 radical (unpaired) electrons. The van der Waals surface area contributed by atoms with E-state index in [-0.39, 0.29) is 12.1 Å². The maximum absolute atomic E-state index is 10.7. The van der Waals surface area contributed by atoms with Gasteiger partial charge in [0.2, 0.25) is 0 Å². The fourth-order valence-corrected chi connectivity index (χ4v) is 1.46. The number of ether oxygens (including phenoxy) is 2.